The van der Waals surface area contributed by atoms with Crippen LogP contribution < -0.4 is 25.4 Å². The average Bonchev–Trinajstić information content (AvgIpc) is 3.11. The molecule has 0 radical (unpaired) electrons. The number of aromatic nitrogens is 1. The molecule has 0 saturated heterocycles. The molecule has 0 spiro atoms. The molecule has 27 heavy (non-hydrogen) atoms. The van der Waals surface area contributed by atoms with Crippen LogP contribution in [0.15, 0.2) is 52.9 Å². The van der Waals surface area contributed by atoms with Gasteiger partial charge in [0.2, 0.25) is 10.9 Å². The largest absolute Gasteiger partial charge is 0.493 e. The minimum Gasteiger partial charge on any atom is -0.493 e. The third kappa shape index (κ3) is 4.89. The van der Waals surface area contributed by atoms with Gasteiger partial charge in [0.25, 0.3) is 0 Å². The first kappa shape index (κ1) is 18.5. The molecule has 140 valence electrons. The van der Waals surface area contributed by atoms with Crippen LogP contribution in [0, 0.1) is 0 Å². The molecule has 0 fully saturated rings. The number of benzene rings is 2. The fourth-order valence-corrected chi connectivity index (χ4v) is 2.91. The van der Waals surface area contributed by atoms with Gasteiger partial charge < -0.3 is 19.9 Å². The lowest BCUT2D eigenvalue weighted by Crippen LogP contribution is -2.01. The normalized spacial score (nSPS) is 10.7. The molecule has 0 bridgehead atoms. The highest BCUT2D eigenvalue weighted by Crippen LogP contribution is 2.38. The molecule has 0 atom stereocenters. The summed E-state index contributed by atoms with van der Waals surface area (Å²) in [5.41, 5.74) is 10.3. The van der Waals surface area contributed by atoms with Gasteiger partial charge in [-0.05, 0) is 17.7 Å². The SMILES string of the molecule is COc1cc(C=NNc2nc(N)cs2)cc(OCc2ccccc2)c1OC. The predicted molar refractivity (Wildman–Crippen MR) is 108 cm³/mol. The molecule has 3 rings (SSSR count). The van der Waals surface area contributed by atoms with Gasteiger partial charge in [-0.2, -0.15) is 5.10 Å². The molecular formula is C19H20N4O3S. The summed E-state index contributed by atoms with van der Waals surface area (Å²) in [5.74, 6) is 2.12. The van der Waals surface area contributed by atoms with Crippen molar-refractivity contribution in [1.82, 2.24) is 4.98 Å². The number of nitrogens with zero attached hydrogens (tertiary/aromatic N) is 2. The van der Waals surface area contributed by atoms with Crippen LogP contribution in [0.3, 0.4) is 0 Å². The molecule has 7 nitrogen and oxygen atoms in total. The van der Waals surface area contributed by atoms with E-state index in [1.165, 1.54) is 11.3 Å². The van der Waals surface area contributed by atoms with Crippen LogP contribution in [-0.4, -0.2) is 25.4 Å². The molecule has 0 aliphatic carbocycles. The van der Waals surface area contributed by atoms with Crippen LogP contribution >= 0.6 is 11.3 Å². The van der Waals surface area contributed by atoms with Gasteiger partial charge in [-0.3, -0.25) is 5.43 Å². The lowest BCUT2D eigenvalue weighted by molar-refractivity contribution is 0.275. The number of ether oxygens (including phenoxy) is 3. The summed E-state index contributed by atoms with van der Waals surface area (Å²) in [6.07, 6.45) is 1.65. The number of hydrazone groups is 1. The highest BCUT2D eigenvalue weighted by molar-refractivity contribution is 7.14. The van der Waals surface area contributed by atoms with Gasteiger partial charge in [-0.25, -0.2) is 4.98 Å². The highest BCUT2D eigenvalue weighted by atomic mass is 32.1. The maximum atomic E-state index is 5.95. The topological polar surface area (TPSA) is 91.0 Å². The van der Waals surface area contributed by atoms with Gasteiger partial charge in [-0.1, -0.05) is 30.3 Å². The fraction of sp³-hybridized carbons (Fsp3) is 0.158. The third-order valence-electron chi connectivity index (χ3n) is 3.60. The summed E-state index contributed by atoms with van der Waals surface area (Å²) < 4.78 is 16.8. The Labute approximate surface area is 161 Å². The van der Waals surface area contributed by atoms with Gasteiger partial charge in [0, 0.05) is 10.9 Å². The Kier molecular flexibility index (Phi) is 6.11. The van der Waals surface area contributed by atoms with E-state index in [0.717, 1.165) is 11.1 Å². The van der Waals surface area contributed by atoms with Crippen molar-refractivity contribution < 1.29 is 14.2 Å². The Morgan fingerprint density at radius 2 is 1.93 bits per heavy atom. The molecule has 0 saturated carbocycles. The van der Waals surface area contributed by atoms with E-state index in [0.29, 0.717) is 34.8 Å². The zero-order chi connectivity index (χ0) is 19.1. The monoisotopic (exact) mass is 384 g/mol. The summed E-state index contributed by atoms with van der Waals surface area (Å²) in [4.78, 5) is 4.09. The molecule has 3 N–H and O–H groups in total. The van der Waals surface area contributed by atoms with E-state index in [1.807, 2.05) is 42.5 Å². The van der Waals surface area contributed by atoms with Crippen molar-refractivity contribution in [3.05, 3.63) is 59.0 Å². The van der Waals surface area contributed by atoms with Gasteiger partial charge in [0.1, 0.15) is 12.4 Å². The van der Waals surface area contributed by atoms with Crippen LogP contribution in [0.4, 0.5) is 10.9 Å². The van der Waals surface area contributed by atoms with E-state index >= 15 is 0 Å². The molecular weight excluding hydrogens is 364 g/mol. The number of nitrogen functional groups attached to an aromatic ring is 1. The van der Waals surface area contributed by atoms with E-state index in [-0.39, 0.29) is 0 Å². The summed E-state index contributed by atoms with van der Waals surface area (Å²) in [5, 5.41) is 6.54. The molecule has 8 heteroatoms. The first-order valence-corrected chi connectivity index (χ1v) is 9.00. The Hall–Kier alpha value is -3.26. The average molecular weight is 384 g/mol. The molecule has 2 aromatic carbocycles. The number of nitrogens with two attached hydrogens (primary N) is 1. The van der Waals surface area contributed by atoms with Gasteiger partial charge in [0.05, 0.1) is 20.4 Å². The van der Waals surface area contributed by atoms with Crippen molar-refractivity contribution in [3.63, 3.8) is 0 Å². The van der Waals surface area contributed by atoms with Crippen LogP contribution in [0.25, 0.3) is 0 Å². The van der Waals surface area contributed by atoms with E-state index < -0.39 is 0 Å². The Morgan fingerprint density at radius 1 is 1.15 bits per heavy atom. The second-order valence-electron chi connectivity index (χ2n) is 5.48. The van der Waals surface area contributed by atoms with Gasteiger partial charge >= 0.3 is 0 Å². The second-order valence-corrected chi connectivity index (χ2v) is 6.33. The quantitative estimate of drug-likeness (QED) is 0.454. The number of hydrogen-bond donors (Lipinski definition) is 2. The number of hydrogen-bond acceptors (Lipinski definition) is 8. The van der Waals surface area contributed by atoms with Crippen molar-refractivity contribution in [2.24, 2.45) is 5.10 Å². The molecule has 1 aromatic heterocycles. The smallest absolute Gasteiger partial charge is 0.205 e. The second kappa shape index (κ2) is 8.91. The summed E-state index contributed by atoms with van der Waals surface area (Å²) in [6, 6.07) is 13.6. The number of thiazole rings is 1. The summed E-state index contributed by atoms with van der Waals surface area (Å²) >= 11 is 1.38. The molecule has 1 heterocycles. The third-order valence-corrected chi connectivity index (χ3v) is 4.37. The lowest BCUT2D eigenvalue weighted by Gasteiger charge is -2.15. The Balaban J connectivity index is 1.79. The standard InChI is InChI=1S/C19H20N4O3S/c1-24-15-8-14(10-21-23-19-22-17(20)12-27-19)9-16(18(15)25-2)26-11-13-6-4-3-5-7-13/h3-10,12H,11,20H2,1-2H3,(H,22,23). The molecule has 3 aromatic rings. The predicted octanol–water partition coefficient (Wildman–Crippen LogP) is 3.77. The van der Waals surface area contributed by atoms with Gasteiger partial charge in [-0.15, -0.1) is 11.3 Å². The molecule has 0 aliphatic rings. The lowest BCUT2D eigenvalue weighted by atomic mass is 10.2. The number of rotatable bonds is 8. The van der Waals surface area contributed by atoms with Crippen molar-refractivity contribution in [2.75, 3.05) is 25.4 Å². The van der Waals surface area contributed by atoms with E-state index in [4.69, 9.17) is 19.9 Å². The highest BCUT2D eigenvalue weighted by Gasteiger charge is 2.13. The van der Waals surface area contributed by atoms with Crippen LogP contribution in [0.2, 0.25) is 0 Å². The van der Waals surface area contributed by atoms with Crippen LogP contribution in [-0.2, 0) is 6.61 Å². The van der Waals surface area contributed by atoms with Crippen molar-refractivity contribution in [3.8, 4) is 17.2 Å². The number of methoxy groups -OCH3 is 2. The maximum absolute atomic E-state index is 5.95. The van der Waals surface area contributed by atoms with Crippen molar-refractivity contribution in [2.45, 2.75) is 6.61 Å². The Morgan fingerprint density at radius 3 is 2.59 bits per heavy atom. The zero-order valence-electron chi connectivity index (χ0n) is 15.0. The number of anilines is 2. The fourth-order valence-electron chi connectivity index (χ4n) is 2.37. The van der Waals surface area contributed by atoms with E-state index in [9.17, 15) is 0 Å². The maximum Gasteiger partial charge on any atom is 0.205 e. The van der Waals surface area contributed by atoms with Crippen LogP contribution in [0.1, 0.15) is 11.1 Å². The molecule has 0 unspecified atom stereocenters. The van der Waals surface area contributed by atoms with Crippen molar-refractivity contribution in [1.29, 1.82) is 0 Å². The number of nitrogens with one attached hydrogen (secondary N) is 1. The van der Waals surface area contributed by atoms with E-state index in [1.54, 1.807) is 25.8 Å². The zero-order valence-corrected chi connectivity index (χ0v) is 15.8. The van der Waals surface area contributed by atoms with Gasteiger partial charge in [0.15, 0.2) is 11.5 Å². The van der Waals surface area contributed by atoms with Crippen molar-refractivity contribution >= 4 is 28.5 Å². The van der Waals surface area contributed by atoms with E-state index in [2.05, 4.69) is 15.5 Å². The first-order valence-electron chi connectivity index (χ1n) is 8.12. The first-order chi connectivity index (χ1) is 13.2. The summed E-state index contributed by atoms with van der Waals surface area (Å²) in [6.45, 7) is 0.414. The molecule has 0 amide bonds. The Bertz CT molecular complexity index is 913. The molecule has 0 aliphatic heterocycles. The minimum absolute atomic E-state index is 0.414. The van der Waals surface area contributed by atoms with Crippen LogP contribution in [0.5, 0.6) is 17.2 Å². The summed E-state index contributed by atoms with van der Waals surface area (Å²) in [7, 11) is 3.16. The minimum atomic E-state index is 0.414.